The lowest BCUT2D eigenvalue weighted by atomic mass is 10.1. The molecule has 0 fully saturated rings. The first-order valence-corrected chi connectivity index (χ1v) is 10.9. The SMILES string of the molecule is NS(=O)(=O)c1ccc(-n2nc(C(F)(F)F)c(F)c2-c2ccc(-c3cscn3)cc2)cn1. The van der Waals surface area contributed by atoms with Crippen molar-refractivity contribution < 1.29 is 26.0 Å². The molecule has 0 saturated heterocycles. The van der Waals surface area contributed by atoms with Crippen LogP contribution in [-0.2, 0) is 16.2 Å². The Hall–Kier alpha value is -3.16. The third-order valence-electron chi connectivity index (χ3n) is 4.24. The van der Waals surface area contributed by atoms with Gasteiger partial charge in [-0.25, -0.2) is 32.6 Å². The number of nitrogens with two attached hydrogens (primary N) is 1. The van der Waals surface area contributed by atoms with E-state index < -0.39 is 38.4 Å². The van der Waals surface area contributed by atoms with E-state index in [0.29, 0.717) is 11.3 Å². The highest BCUT2D eigenvalue weighted by atomic mass is 32.2. The Labute approximate surface area is 176 Å². The van der Waals surface area contributed by atoms with E-state index in [0.717, 1.165) is 23.0 Å². The Morgan fingerprint density at radius 2 is 1.68 bits per heavy atom. The van der Waals surface area contributed by atoms with Crippen molar-refractivity contribution in [1.82, 2.24) is 19.7 Å². The fourth-order valence-corrected chi connectivity index (χ4v) is 3.85. The monoisotopic (exact) mass is 469 g/mol. The Kier molecular flexibility index (Phi) is 5.11. The van der Waals surface area contributed by atoms with Gasteiger partial charge in [0.1, 0.15) is 5.69 Å². The lowest BCUT2D eigenvalue weighted by Gasteiger charge is -2.08. The van der Waals surface area contributed by atoms with Gasteiger partial charge in [0.2, 0.25) is 5.69 Å². The molecule has 0 bridgehead atoms. The van der Waals surface area contributed by atoms with Gasteiger partial charge in [0, 0.05) is 16.5 Å². The molecule has 4 aromatic rings. The molecular weight excluding hydrogens is 458 g/mol. The lowest BCUT2D eigenvalue weighted by Crippen LogP contribution is -2.14. The zero-order chi connectivity index (χ0) is 22.4. The zero-order valence-electron chi connectivity index (χ0n) is 15.2. The lowest BCUT2D eigenvalue weighted by molar-refractivity contribution is -0.143. The van der Waals surface area contributed by atoms with Crippen molar-refractivity contribution in [2.45, 2.75) is 11.2 Å². The summed E-state index contributed by atoms with van der Waals surface area (Å²) in [6.45, 7) is 0. The Bertz CT molecular complexity index is 1330. The number of alkyl halides is 3. The number of thiazole rings is 1. The predicted molar refractivity (Wildman–Crippen MR) is 104 cm³/mol. The largest absolute Gasteiger partial charge is 0.438 e. The van der Waals surface area contributed by atoms with Gasteiger partial charge in [-0.05, 0) is 12.1 Å². The first-order valence-electron chi connectivity index (χ1n) is 8.39. The molecule has 31 heavy (non-hydrogen) atoms. The van der Waals surface area contributed by atoms with E-state index in [-0.39, 0.29) is 11.3 Å². The number of halogens is 4. The number of pyridine rings is 1. The van der Waals surface area contributed by atoms with Gasteiger partial charge in [-0.2, -0.15) is 18.3 Å². The smallest absolute Gasteiger partial charge is 0.245 e. The van der Waals surface area contributed by atoms with Crippen LogP contribution in [0.15, 0.2) is 58.5 Å². The Morgan fingerprint density at radius 3 is 2.19 bits per heavy atom. The molecule has 0 spiro atoms. The quantitative estimate of drug-likeness (QED) is 0.457. The van der Waals surface area contributed by atoms with Gasteiger partial charge in [-0.15, -0.1) is 11.3 Å². The van der Waals surface area contributed by atoms with Crippen molar-refractivity contribution in [3.05, 3.63) is 65.0 Å². The molecule has 7 nitrogen and oxygen atoms in total. The summed E-state index contributed by atoms with van der Waals surface area (Å²) < 4.78 is 78.2. The molecule has 0 aliphatic rings. The first kappa shape index (κ1) is 21.1. The maximum Gasteiger partial charge on any atom is 0.438 e. The highest BCUT2D eigenvalue weighted by Crippen LogP contribution is 2.37. The van der Waals surface area contributed by atoms with Crippen LogP contribution in [0.5, 0.6) is 0 Å². The van der Waals surface area contributed by atoms with Gasteiger partial charge < -0.3 is 0 Å². The van der Waals surface area contributed by atoms with E-state index in [2.05, 4.69) is 15.1 Å². The molecule has 0 radical (unpaired) electrons. The van der Waals surface area contributed by atoms with Crippen LogP contribution in [0.25, 0.3) is 28.2 Å². The molecule has 0 atom stereocenters. The molecule has 3 aromatic heterocycles. The summed E-state index contributed by atoms with van der Waals surface area (Å²) in [5.74, 6) is -1.57. The normalized spacial score (nSPS) is 12.3. The molecular formula is C18H11F4N5O2S2. The second-order valence-electron chi connectivity index (χ2n) is 6.27. The van der Waals surface area contributed by atoms with E-state index in [1.165, 1.54) is 23.5 Å². The third-order valence-corrected chi connectivity index (χ3v) is 5.65. The van der Waals surface area contributed by atoms with E-state index >= 15 is 0 Å². The Morgan fingerprint density at radius 1 is 1.00 bits per heavy atom. The molecule has 160 valence electrons. The van der Waals surface area contributed by atoms with Crippen LogP contribution >= 0.6 is 11.3 Å². The molecule has 0 aliphatic carbocycles. The highest BCUT2D eigenvalue weighted by molar-refractivity contribution is 7.89. The van der Waals surface area contributed by atoms with Gasteiger partial charge in [0.15, 0.2) is 10.8 Å². The number of rotatable bonds is 4. The summed E-state index contributed by atoms with van der Waals surface area (Å²) >= 11 is 1.38. The predicted octanol–water partition coefficient (Wildman–Crippen LogP) is 3.86. The van der Waals surface area contributed by atoms with Crippen molar-refractivity contribution in [1.29, 1.82) is 0 Å². The number of aromatic nitrogens is 4. The minimum Gasteiger partial charge on any atom is -0.245 e. The van der Waals surface area contributed by atoms with Crippen molar-refractivity contribution in [2.24, 2.45) is 5.14 Å². The summed E-state index contributed by atoms with van der Waals surface area (Å²) in [6.07, 6.45) is -4.10. The van der Waals surface area contributed by atoms with E-state index in [9.17, 15) is 26.0 Å². The fraction of sp³-hybridized carbons (Fsp3) is 0.0556. The van der Waals surface area contributed by atoms with Crippen LogP contribution < -0.4 is 5.14 Å². The molecule has 0 unspecified atom stereocenters. The Balaban J connectivity index is 1.86. The molecule has 0 saturated carbocycles. The van der Waals surface area contributed by atoms with E-state index in [1.807, 2.05) is 0 Å². The molecule has 3 heterocycles. The van der Waals surface area contributed by atoms with Crippen molar-refractivity contribution in [3.8, 4) is 28.2 Å². The number of sulfonamides is 1. The minimum absolute atomic E-state index is 0.0830. The highest BCUT2D eigenvalue weighted by Gasteiger charge is 2.40. The van der Waals surface area contributed by atoms with E-state index in [4.69, 9.17) is 5.14 Å². The number of hydrogen-bond acceptors (Lipinski definition) is 6. The van der Waals surface area contributed by atoms with Crippen LogP contribution in [0.4, 0.5) is 17.6 Å². The summed E-state index contributed by atoms with van der Waals surface area (Å²) in [7, 11) is -4.12. The molecule has 1 aromatic carbocycles. The second-order valence-corrected chi connectivity index (χ2v) is 8.50. The average molecular weight is 469 g/mol. The minimum atomic E-state index is -5.04. The van der Waals surface area contributed by atoms with Crippen LogP contribution in [-0.4, -0.2) is 28.2 Å². The molecule has 4 rings (SSSR count). The maximum atomic E-state index is 14.9. The molecule has 0 aliphatic heterocycles. The standard InChI is InChI=1S/C18H11F4N5O2S2/c19-15-16(11-3-1-10(2-4-11)13-8-30-9-25-13)27(26-17(15)18(20,21)22)12-5-6-14(24-7-12)31(23,28)29/h1-9H,(H2,23,28,29). The third kappa shape index (κ3) is 4.06. The summed E-state index contributed by atoms with van der Waals surface area (Å²) in [4.78, 5) is 7.77. The van der Waals surface area contributed by atoms with Crippen molar-refractivity contribution >= 4 is 21.4 Å². The van der Waals surface area contributed by atoms with Gasteiger partial charge >= 0.3 is 6.18 Å². The van der Waals surface area contributed by atoms with Gasteiger partial charge in [0.05, 0.1) is 23.1 Å². The average Bonchev–Trinajstić information content (AvgIpc) is 3.35. The van der Waals surface area contributed by atoms with Crippen molar-refractivity contribution in [2.75, 3.05) is 0 Å². The first-order chi connectivity index (χ1) is 14.6. The van der Waals surface area contributed by atoms with Crippen LogP contribution in [0, 0.1) is 5.82 Å². The molecule has 0 amide bonds. The topological polar surface area (TPSA) is 104 Å². The van der Waals surface area contributed by atoms with Gasteiger partial charge in [-0.1, -0.05) is 24.3 Å². The van der Waals surface area contributed by atoms with Crippen molar-refractivity contribution in [3.63, 3.8) is 0 Å². The number of primary sulfonamides is 1. The van der Waals surface area contributed by atoms with E-state index in [1.54, 1.807) is 23.0 Å². The number of hydrogen-bond donors (Lipinski definition) is 1. The molecule has 13 heteroatoms. The van der Waals surface area contributed by atoms with Crippen LogP contribution in [0.1, 0.15) is 5.69 Å². The number of benzene rings is 1. The summed E-state index contributed by atoms with van der Waals surface area (Å²) in [5, 5.41) is 9.66. The fourth-order valence-electron chi connectivity index (χ4n) is 2.84. The maximum absolute atomic E-state index is 14.9. The number of nitrogens with zero attached hydrogens (tertiary/aromatic N) is 4. The summed E-state index contributed by atoms with van der Waals surface area (Å²) in [5.41, 5.74) is 0.876. The van der Waals surface area contributed by atoms with Gasteiger partial charge in [0.25, 0.3) is 10.0 Å². The van der Waals surface area contributed by atoms with Gasteiger partial charge in [-0.3, -0.25) is 0 Å². The zero-order valence-corrected chi connectivity index (χ0v) is 16.8. The molecule has 2 N–H and O–H groups in total. The summed E-state index contributed by atoms with van der Waals surface area (Å²) in [6, 6.07) is 8.20. The van der Waals surface area contributed by atoms with Crippen LogP contribution in [0.2, 0.25) is 0 Å². The van der Waals surface area contributed by atoms with Crippen LogP contribution in [0.3, 0.4) is 0 Å². The second kappa shape index (κ2) is 7.51.